The maximum Gasteiger partial charge on any atom is 0.254 e. The molecule has 2 saturated heterocycles. The number of nitrogens with zero attached hydrogens (tertiary/aromatic N) is 3. The van der Waals surface area contributed by atoms with Crippen molar-refractivity contribution in [2.75, 3.05) is 32.9 Å². The number of rotatable bonds is 6. The number of amides is 2. The fourth-order valence-electron chi connectivity index (χ4n) is 4.29. The standard InChI is InChI=1S/C21H29N3O4/c1-2-27-13-15-7-10-23(11-8-15)21(26)20-19(16-4-3-9-22-12-16)24(17-5-6-17)18(25)14-28-20/h3-4,9,12,15,17,19-20H,2,5-8,10-11,13-14H2,1H3/t19-,20+/m1/s1. The lowest BCUT2D eigenvalue weighted by molar-refractivity contribution is -0.171. The molecule has 0 bridgehead atoms. The van der Waals surface area contributed by atoms with E-state index in [-0.39, 0.29) is 24.5 Å². The van der Waals surface area contributed by atoms with Crippen LogP contribution >= 0.6 is 0 Å². The average Bonchev–Trinajstić information content (AvgIpc) is 3.57. The zero-order valence-corrected chi connectivity index (χ0v) is 16.5. The molecule has 3 heterocycles. The largest absolute Gasteiger partial charge is 0.381 e. The lowest BCUT2D eigenvalue weighted by Gasteiger charge is -2.43. The molecule has 152 valence electrons. The smallest absolute Gasteiger partial charge is 0.254 e. The van der Waals surface area contributed by atoms with Gasteiger partial charge in [-0.15, -0.1) is 0 Å². The molecule has 1 aromatic rings. The van der Waals surface area contributed by atoms with Gasteiger partial charge in [0, 0.05) is 44.7 Å². The van der Waals surface area contributed by atoms with Crippen LogP contribution in [-0.2, 0) is 19.1 Å². The maximum absolute atomic E-state index is 13.4. The molecule has 3 aliphatic rings. The minimum Gasteiger partial charge on any atom is -0.381 e. The first-order valence-electron chi connectivity index (χ1n) is 10.4. The average molecular weight is 387 g/mol. The van der Waals surface area contributed by atoms with Crippen molar-refractivity contribution in [2.45, 2.75) is 50.8 Å². The van der Waals surface area contributed by atoms with Crippen molar-refractivity contribution in [3.05, 3.63) is 30.1 Å². The lowest BCUT2D eigenvalue weighted by atomic mass is 9.94. The molecule has 1 saturated carbocycles. The number of hydrogen-bond acceptors (Lipinski definition) is 5. The topological polar surface area (TPSA) is 72.0 Å². The van der Waals surface area contributed by atoms with Crippen molar-refractivity contribution >= 4 is 11.8 Å². The number of carbonyl (C=O) groups is 2. The summed E-state index contributed by atoms with van der Waals surface area (Å²) in [6.07, 6.45) is 6.67. The molecule has 0 radical (unpaired) electrons. The van der Waals surface area contributed by atoms with Gasteiger partial charge in [-0.1, -0.05) is 6.07 Å². The summed E-state index contributed by atoms with van der Waals surface area (Å²) in [6, 6.07) is 3.61. The summed E-state index contributed by atoms with van der Waals surface area (Å²) in [7, 11) is 0. The molecular formula is C21H29N3O4. The van der Waals surface area contributed by atoms with Crippen molar-refractivity contribution in [1.29, 1.82) is 0 Å². The fourth-order valence-corrected chi connectivity index (χ4v) is 4.29. The van der Waals surface area contributed by atoms with E-state index >= 15 is 0 Å². The maximum atomic E-state index is 13.4. The van der Waals surface area contributed by atoms with Crippen molar-refractivity contribution in [2.24, 2.45) is 5.92 Å². The van der Waals surface area contributed by atoms with E-state index in [1.807, 2.05) is 28.9 Å². The van der Waals surface area contributed by atoms with Gasteiger partial charge in [0.25, 0.3) is 5.91 Å². The molecule has 2 atom stereocenters. The Labute approximate surface area is 166 Å². The monoisotopic (exact) mass is 387 g/mol. The second-order valence-corrected chi connectivity index (χ2v) is 7.92. The first kappa shape index (κ1) is 19.3. The van der Waals surface area contributed by atoms with Crippen LogP contribution < -0.4 is 0 Å². The number of aromatic nitrogens is 1. The molecule has 2 amide bonds. The Morgan fingerprint density at radius 1 is 1.29 bits per heavy atom. The number of hydrogen-bond donors (Lipinski definition) is 0. The molecule has 28 heavy (non-hydrogen) atoms. The fraction of sp³-hybridized carbons (Fsp3) is 0.667. The van der Waals surface area contributed by atoms with Crippen molar-refractivity contribution in [1.82, 2.24) is 14.8 Å². The van der Waals surface area contributed by atoms with Gasteiger partial charge in [-0.2, -0.15) is 0 Å². The Balaban J connectivity index is 1.50. The van der Waals surface area contributed by atoms with Crippen LogP contribution in [0, 0.1) is 5.92 Å². The summed E-state index contributed by atoms with van der Waals surface area (Å²) in [6.45, 7) is 4.91. The van der Waals surface area contributed by atoms with E-state index in [9.17, 15) is 9.59 Å². The van der Waals surface area contributed by atoms with E-state index in [4.69, 9.17) is 9.47 Å². The van der Waals surface area contributed by atoms with Gasteiger partial charge in [0.1, 0.15) is 6.61 Å². The third kappa shape index (κ3) is 4.05. The van der Waals surface area contributed by atoms with Gasteiger partial charge in [-0.3, -0.25) is 14.6 Å². The van der Waals surface area contributed by atoms with E-state index in [1.165, 1.54) is 0 Å². The second kappa shape index (κ2) is 8.57. The second-order valence-electron chi connectivity index (χ2n) is 7.92. The lowest BCUT2D eigenvalue weighted by Crippen LogP contribution is -2.56. The van der Waals surface area contributed by atoms with E-state index in [0.717, 1.165) is 44.5 Å². The number of morpholine rings is 1. The minimum atomic E-state index is -0.661. The Kier molecular flexibility index (Phi) is 5.92. The Bertz CT molecular complexity index is 686. The Hall–Kier alpha value is -1.99. The summed E-state index contributed by atoms with van der Waals surface area (Å²) < 4.78 is 11.4. The van der Waals surface area contributed by atoms with Gasteiger partial charge in [0.05, 0.1) is 6.04 Å². The number of likely N-dealkylation sites (tertiary alicyclic amines) is 1. The number of piperidine rings is 1. The third-order valence-corrected chi connectivity index (χ3v) is 5.95. The van der Waals surface area contributed by atoms with E-state index < -0.39 is 12.1 Å². The van der Waals surface area contributed by atoms with E-state index in [2.05, 4.69) is 4.98 Å². The van der Waals surface area contributed by atoms with Crippen LogP contribution in [0.2, 0.25) is 0 Å². The van der Waals surface area contributed by atoms with Gasteiger partial charge >= 0.3 is 0 Å². The molecule has 1 aromatic heterocycles. The van der Waals surface area contributed by atoms with Crippen molar-refractivity contribution < 1.29 is 19.1 Å². The van der Waals surface area contributed by atoms with Crippen LogP contribution in [-0.4, -0.2) is 71.7 Å². The Morgan fingerprint density at radius 3 is 2.71 bits per heavy atom. The van der Waals surface area contributed by atoms with Gasteiger partial charge in [-0.25, -0.2) is 0 Å². The summed E-state index contributed by atoms with van der Waals surface area (Å²) in [4.78, 5) is 33.9. The summed E-state index contributed by atoms with van der Waals surface area (Å²) in [5.74, 6) is 0.465. The highest BCUT2D eigenvalue weighted by molar-refractivity contribution is 5.87. The predicted octanol–water partition coefficient (Wildman–Crippen LogP) is 1.79. The SMILES string of the molecule is CCOCC1CCN(C(=O)[C@H]2OCC(=O)N(C3CC3)[C@@H]2c2cccnc2)CC1. The minimum absolute atomic E-state index is 0.0122. The normalized spacial score (nSPS) is 26.5. The van der Waals surface area contributed by atoms with Gasteiger partial charge in [-0.05, 0) is 50.2 Å². The molecular weight excluding hydrogens is 358 g/mol. The van der Waals surface area contributed by atoms with Crippen LogP contribution in [0.4, 0.5) is 0 Å². The van der Waals surface area contributed by atoms with Gasteiger partial charge in [0.2, 0.25) is 5.91 Å². The quantitative estimate of drug-likeness (QED) is 0.744. The van der Waals surface area contributed by atoms with Crippen molar-refractivity contribution in [3.63, 3.8) is 0 Å². The molecule has 0 spiro atoms. The van der Waals surface area contributed by atoms with Crippen LogP contribution in [0.3, 0.4) is 0 Å². The van der Waals surface area contributed by atoms with E-state index in [1.54, 1.807) is 12.4 Å². The predicted molar refractivity (Wildman–Crippen MR) is 102 cm³/mol. The van der Waals surface area contributed by atoms with Gasteiger partial charge in [0.15, 0.2) is 6.10 Å². The van der Waals surface area contributed by atoms with E-state index in [0.29, 0.717) is 19.0 Å². The molecule has 3 fully saturated rings. The number of carbonyl (C=O) groups excluding carboxylic acids is 2. The zero-order valence-electron chi connectivity index (χ0n) is 16.5. The summed E-state index contributed by atoms with van der Waals surface area (Å²) in [5, 5.41) is 0. The summed E-state index contributed by atoms with van der Waals surface area (Å²) >= 11 is 0. The Morgan fingerprint density at radius 2 is 2.07 bits per heavy atom. The molecule has 0 aromatic carbocycles. The molecule has 7 nitrogen and oxygen atoms in total. The highest BCUT2D eigenvalue weighted by Gasteiger charge is 2.48. The van der Waals surface area contributed by atoms with Crippen LogP contribution in [0.15, 0.2) is 24.5 Å². The van der Waals surface area contributed by atoms with Crippen LogP contribution in [0.5, 0.6) is 0 Å². The molecule has 1 aliphatic carbocycles. The number of ether oxygens (including phenoxy) is 2. The van der Waals surface area contributed by atoms with Gasteiger partial charge < -0.3 is 19.3 Å². The molecule has 2 aliphatic heterocycles. The number of pyridine rings is 1. The van der Waals surface area contributed by atoms with Crippen LogP contribution in [0.25, 0.3) is 0 Å². The zero-order chi connectivity index (χ0) is 19.5. The first-order chi connectivity index (χ1) is 13.7. The molecule has 7 heteroatoms. The third-order valence-electron chi connectivity index (χ3n) is 5.95. The van der Waals surface area contributed by atoms with Crippen LogP contribution in [0.1, 0.15) is 44.2 Å². The highest BCUT2D eigenvalue weighted by Crippen LogP contribution is 2.40. The van der Waals surface area contributed by atoms with Crippen molar-refractivity contribution in [3.8, 4) is 0 Å². The summed E-state index contributed by atoms with van der Waals surface area (Å²) in [5.41, 5.74) is 0.868. The highest BCUT2D eigenvalue weighted by atomic mass is 16.5. The molecule has 0 N–H and O–H groups in total. The molecule has 0 unspecified atom stereocenters. The first-order valence-corrected chi connectivity index (χ1v) is 10.4. The molecule has 4 rings (SSSR count).